The molecule has 10 nitrogen and oxygen atoms in total. The van der Waals surface area contributed by atoms with Crippen LogP contribution in [0.15, 0.2) is 119 Å². The summed E-state index contributed by atoms with van der Waals surface area (Å²) in [7, 11) is -6.89. The minimum atomic E-state index is -4.14. The summed E-state index contributed by atoms with van der Waals surface area (Å²) in [6, 6.07) is 24.9. The Bertz CT molecular complexity index is 2780. The van der Waals surface area contributed by atoms with Gasteiger partial charge in [0.1, 0.15) is 11.8 Å². The molecule has 0 fully saturated rings. The lowest BCUT2D eigenvalue weighted by molar-refractivity contribution is -0.437. The van der Waals surface area contributed by atoms with Gasteiger partial charge in [-0.3, -0.25) is 13.9 Å². The Morgan fingerprint density at radius 1 is 0.817 bits per heavy atom. The lowest BCUT2D eigenvalue weighted by Crippen LogP contribution is -2.28. The van der Waals surface area contributed by atoms with Gasteiger partial charge in [-0.1, -0.05) is 80.6 Å². The normalized spacial score (nSPS) is 19.4. The minimum absolute atomic E-state index is 0.239. The number of esters is 1. The summed E-state index contributed by atoms with van der Waals surface area (Å²) in [6.45, 7) is 11.4. The highest BCUT2D eigenvalue weighted by molar-refractivity contribution is 8.04. The standard InChI is InChI=1S/C47H52N2O8S3/c1-31(45(50)57-6)58-44-34(21-25-40-46(2,3)42-36-15-9-7-13-32(36)19-23-38(42)48(40)27-11-29-59(51,52)53)17-18-35(44)22-26-41-47(4,5)43-37-16-10-8-14-33(37)20-24-39(43)49(41)28-12-30-60(54,55)56/h7-10,13-16,19-26,31H,11-12,17-18,27-30H2,1-6H3,(H-,51,52,53,54,55,56)/p+1. The second kappa shape index (κ2) is 16.7. The number of fused-ring (bicyclic) bond motifs is 6. The van der Waals surface area contributed by atoms with Gasteiger partial charge in [-0.2, -0.15) is 21.4 Å². The number of methoxy groups -OCH3 is 1. The number of nitrogens with zero attached hydrogens (tertiary/aromatic N) is 2. The minimum Gasteiger partial charge on any atom is -0.468 e. The molecule has 3 aliphatic rings. The molecule has 7 rings (SSSR count). The Balaban J connectivity index is 1.32. The maximum Gasteiger partial charge on any atom is 0.318 e. The van der Waals surface area contributed by atoms with Gasteiger partial charge in [0.15, 0.2) is 5.71 Å². The molecule has 0 saturated heterocycles. The maximum absolute atomic E-state index is 12.9. The first-order chi connectivity index (χ1) is 28.3. The number of thioether (sulfide) groups is 1. The average Bonchev–Trinajstić information content (AvgIpc) is 3.75. The molecule has 316 valence electrons. The van der Waals surface area contributed by atoms with Gasteiger partial charge in [0.2, 0.25) is 5.69 Å². The Kier molecular flexibility index (Phi) is 12.1. The number of hydrogen-bond donors (Lipinski definition) is 2. The van der Waals surface area contributed by atoms with Crippen molar-refractivity contribution in [3.05, 3.63) is 130 Å². The molecule has 1 atom stereocenters. The predicted molar refractivity (Wildman–Crippen MR) is 244 cm³/mol. The molecule has 0 spiro atoms. The van der Waals surface area contributed by atoms with E-state index in [9.17, 15) is 30.7 Å². The molecule has 4 aromatic rings. The van der Waals surface area contributed by atoms with E-state index in [1.807, 2.05) is 31.2 Å². The number of rotatable bonds is 14. The summed E-state index contributed by atoms with van der Waals surface area (Å²) in [5.74, 6) is -1.02. The van der Waals surface area contributed by atoms with Gasteiger partial charge in [-0.05, 0) is 96.5 Å². The monoisotopic (exact) mass is 869 g/mol. The second-order valence-corrected chi connectivity index (χ2v) is 21.3. The zero-order valence-electron chi connectivity index (χ0n) is 34.9. The average molecular weight is 870 g/mol. The van der Waals surface area contributed by atoms with E-state index in [2.05, 4.69) is 110 Å². The molecular formula is C47H53N2O8S3+. The maximum atomic E-state index is 12.9. The van der Waals surface area contributed by atoms with Gasteiger partial charge in [-0.25, -0.2) is 0 Å². The van der Waals surface area contributed by atoms with Crippen LogP contribution in [0.2, 0.25) is 0 Å². The quantitative estimate of drug-likeness (QED) is 0.0716. The zero-order valence-corrected chi connectivity index (χ0v) is 37.4. The van der Waals surface area contributed by atoms with Crippen molar-refractivity contribution >= 4 is 76.6 Å². The van der Waals surface area contributed by atoms with Crippen LogP contribution in [0.1, 0.15) is 71.4 Å². The number of carbonyl (C=O) groups is 1. The Morgan fingerprint density at radius 3 is 2.08 bits per heavy atom. The summed E-state index contributed by atoms with van der Waals surface area (Å²) in [5.41, 5.74) is 7.54. The van der Waals surface area contributed by atoms with Crippen LogP contribution in [0, 0.1) is 0 Å². The zero-order chi connectivity index (χ0) is 43.2. The molecule has 0 aromatic heterocycles. The van der Waals surface area contributed by atoms with Crippen LogP contribution in [-0.4, -0.2) is 79.2 Å². The van der Waals surface area contributed by atoms with Crippen LogP contribution < -0.4 is 4.90 Å². The van der Waals surface area contributed by atoms with Crippen molar-refractivity contribution in [2.45, 2.75) is 76.4 Å². The number of benzene rings is 4. The van der Waals surface area contributed by atoms with E-state index in [0.29, 0.717) is 13.1 Å². The van der Waals surface area contributed by atoms with E-state index in [1.54, 1.807) is 0 Å². The number of ether oxygens (including phenoxy) is 1. The van der Waals surface area contributed by atoms with Gasteiger partial charge in [-0.15, -0.1) is 11.8 Å². The number of allylic oxidation sites excluding steroid dienone is 7. The molecule has 2 N–H and O–H groups in total. The number of anilines is 1. The Hall–Kier alpha value is -4.53. The SMILES string of the molecule is COC(=O)C(C)SC1=C(C=CC2=[N+](CCCS(=O)(=O)O)c3ccc4ccccc4c3C2(C)C)CCC1=CC=C1N(CCCS(=O)(=O)O)c2ccc3ccccc3c2C1(C)C. The van der Waals surface area contributed by atoms with Crippen LogP contribution in [0.3, 0.4) is 0 Å². The lowest BCUT2D eigenvalue weighted by Gasteiger charge is -2.27. The first kappa shape index (κ1) is 43.6. The Labute approximate surface area is 357 Å². The summed E-state index contributed by atoms with van der Waals surface area (Å²) in [4.78, 5) is 16.0. The molecule has 0 radical (unpaired) electrons. The number of carbonyl (C=O) groups excluding carboxylic acids is 1. The van der Waals surface area contributed by atoms with Gasteiger partial charge in [0.25, 0.3) is 20.2 Å². The summed E-state index contributed by atoms with van der Waals surface area (Å²) in [5, 5.41) is 4.00. The largest absolute Gasteiger partial charge is 0.468 e. The molecular weight excluding hydrogens is 817 g/mol. The fourth-order valence-corrected chi connectivity index (χ4v) is 11.5. The molecule has 13 heteroatoms. The highest BCUT2D eigenvalue weighted by Crippen LogP contribution is 2.51. The van der Waals surface area contributed by atoms with Gasteiger partial charge in [0.05, 0.1) is 24.0 Å². The third-order valence-electron chi connectivity index (χ3n) is 12.0. The first-order valence-corrected chi connectivity index (χ1v) is 24.4. The van der Waals surface area contributed by atoms with Crippen molar-refractivity contribution in [2.24, 2.45) is 0 Å². The third-order valence-corrected chi connectivity index (χ3v) is 15.0. The van der Waals surface area contributed by atoms with Crippen LogP contribution >= 0.6 is 11.8 Å². The highest BCUT2D eigenvalue weighted by atomic mass is 32.2. The van der Waals surface area contributed by atoms with Crippen LogP contribution in [0.5, 0.6) is 0 Å². The molecule has 4 aromatic carbocycles. The fraction of sp³-hybridized carbons (Fsp3) is 0.362. The van der Waals surface area contributed by atoms with E-state index < -0.39 is 36.3 Å². The Morgan fingerprint density at radius 2 is 1.43 bits per heavy atom. The topological polar surface area (TPSA) is 141 Å². The van der Waals surface area contributed by atoms with Gasteiger partial charge < -0.3 is 9.64 Å². The van der Waals surface area contributed by atoms with Crippen LogP contribution in [-0.2, 0) is 40.6 Å². The van der Waals surface area contributed by atoms with Crippen molar-refractivity contribution in [3.8, 4) is 0 Å². The molecule has 1 unspecified atom stereocenters. The van der Waals surface area contributed by atoms with Crippen LogP contribution in [0.4, 0.5) is 11.4 Å². The third kappa shape index (κ3) is 8.65. The van der Waals surface area contributed by atoms with E-state index in [0.717, 1.165) is 84.3 Å². The van der Waals surface area contributed by atoms with Gasteiger partial charge >= 0.3 is 5.97 Å². The van der Waals surface area contributed by atoms with Crippen molar-refractivity contribution in [2.75, 3.05) is 36.6 Å². The molecule has 0 saturated carbocycles. The summed E-state index contributed by atoms with van der Waals surface area (Å²) < 4.78 is 73.6. The molecule has 0 amide bonds. The van der Waals surface area contributed by atoms with Crippen LogP contribution in [0.25, 0.3) is 21.5 Å². The van der Waals surface area contributed by atoms with Crippen molar-refractivity contribution in [3.63, 3.8) is 0 Å². The fourth-order valence-electron chi connectivity index (χ4n) is 9.28. The summed E-state index contributed by atoms with van der Waals surface area (Å²) >= 11 is 1.46. The van der Waals surface area contributed by atoms with Crippen molar-refractivity contribution in [1.29, 1.82) is 0 Å². The molecule has 0 bridgehead atoms. The molecule has 2 heterocycles. The van der Waals surface area contributed by atoms with E-state index >= 15 is 0 Å². The summed E-state index contributed by atoms with van der Waals surface area (Å²) in [6.07, 6.45) is 10.4. The molecule has 2 aliphatic heterocycles. The molecule has 1 aliphatic carbocycles. The second-order valence-electron chi connectivity index (χ2n) is 16.8. The van der Waals surface area contributed by atoms with Crippen molar-refractivity contribution < 1.29 is 40.0 Å². The molecule has 60 heavy (non-hydrogen) atoms. The smallest absolute Gasteiger partial charge is 0.318 e. The first-order valence-electron chi connectivity index (χ1n) is 20.3. The van der Waals surface area contributed by atoms with E-state index in [4.69, 9.17) is 4.74 Å². The van der Waals surface area contributed by atoms with E-state index in [1.165, 1.54) is 18.9 Å². The predicted octanol–water partition coefficient (Wildman–Crippen LogP) is 9.43. The van der Waals surface area contributed by atoms with Crippen molar-refractivity contribution in [1.82, 2.24) is 0 Å². The van der Waals surface area contributed by atoms with Gasteiger partial charge in [0, 0.05) is 52.4 Å². The highest BCUT2D eigenvalue weighted by Gasteiger charge is 2.46. The number of hydrogen-bond acceptors (Lipinski definition) is 8. The van der Waals surface area contributed by atoms with E-state index in [-0.39, 0.29) is 30.3 Å². The lowest BCUT2D eigenvalue weighted by atomic mass is 9.79.